The summed E-state index contributed by atoms with van der Waals surface area (Å²) < 4.78 is 15.0. The number of rotatable bonds is 9. The summed E-state index contributed by atoms with van der Waals surface area (Å²) in [7, 11) is 0. The fraction of sp³-hybridized carbons (Fsp3) is 0.444. The average molecular weight is 490 g/mol. The van der Waals surface area contributed by atoms with Crippen molar-refractivity contribution in [3.8, 4) is 34.7 Å². The van der Waals surface area contributed by atoms with Gasteiger partial charge in [-0.3, -0.25) is 4.72 Å². The van der Waals surface area contributed by atoms with Gasteiger partial charge >= 0.3 is 0 Å². The lowest BCUT2D eigenvalue weighted by Crippen LogP contribution is -2.23. The summed E-state index contributed by atoms with van der Waals surface area (Å²) >= 11 is 1.83. The average Bonchev–Trinajstić information content (AvgIpc) is 3.63. The molecule has 0 amide bonds. The van der Waals surface area contributed by atoms with Crippen LogP contribution in [0.5, 0.6) is 5.75 Å². The number of nitrogens with one attached hydrogen (secondary N) is 1. The Kier molecular flexibility index (Phi) is 7.37. The van der Waals surface area contributed by atoms with Crippen molar-refractivity contribution in [2.45, 2.75) is 51.7 Å². The second-order valence-electron chi connectivity index (χ2n) is 9.39. The third-order valence-corrected chi connectivity index (χ3v) is 7.42. The molecule has 8 heteroatoms. The number of hydrogen-bond donors (Lipinski definition) is 1. The van der Waals surface area contributed by atoms with Crippen molar-refractivity contribution in [3.63, 3.8) is 0 Å². The highest BCUT2D eigenvalue weighted by atomic mass is 32.2. The van der Waals surface area contributed by atoms with Crippen LogP contribution in [0.1, 0.15) is 55.8 Å². The Balaban J connectivity index is 1.29. The number of nitrogens with zero attached hydrogens (tertiary/aromatic N) is 4. The quantitative estimate of drug-likeness (QED) is 0.316. The van der Waals surface area contributed by atoms with Gasteiger partial charge in [0.15, 0.2) is 0 Å². The molecule has 1 fully saturated rings. The molecule has 1 atom stereocenters. The van der Waals surface area contributed by atoms with Gasteiger partial charge in [-0.15, -0.1) is 0 Å². The largest absolute Gasteiger partial charge is 0.490 e. The minimum absolute atomic E-state index is 0.00933. The summed E-state index contributed by atoms with van der Waals surface area (Å²) in [6.45, 7) is 7.52. The zero-order chi connectivity index (χ0) is 24.2. The molecule has 0 bridgehead atoms. The molecule has 1 aliphatic heterocycles. The molecular weight excluding hydrogens is 458 g/mol. The lowest BCUT2D eigenvalue weighted by atomic mass is 10.0. The Morgan fingerprint density at radius 2 is 2.11 bits per heavy atom. The van der Waals surface area contributed by atoms with Crippen molar-refractivity contribution in [1.82, 2.24) is 19.8 Å². The fourth-order valence-corrected chi connectivity index (χ4v) is 5.80. The number of ether oxygens (including phenoxy) is 1. The highest BCUT2D eigenvalue weighted by Gasteiger charge is 2.26. The highest BCUT2D eigenvalue weighted by Crippen LogP contribution is 2.38. The van der Waals surface area contributed by atoms with Crippen LogP contribution in [0.2, 0.25) is 0 Å². The van der Waals surface area contributed by atoms with Crippen molar-refractivity contribution in [2.24, 2.45) is 0 Å². The van der Waals surface area contributed by atoms with Gasteiger partial charge in [0.2, 0.25) is 5.82 Å². The van der Waals surface area contributed by atoms with Crippen molar-refractivity contribution in [1.29, 1.82) is 5.26 Å². The van der Waals surface area contributed by atoms with Crippen LogP contribution >= 0.6 is 11.9 Å². The van der Waals surface area contributed by atoms with E-state index in [1.807, 2.05) is 31.9 Å². The highest BCUT2D eigenvalue weighted by molar-refractivity contribution is 7.97. The lowest BCUT2D eigenvalue weighted by Gasteiger charge is -2.17. The van der Waals surface area contributed by atoms with Crippen LogP contribution in [0, 0.1) is 11.3 Å². The van der Waals surface area contributed by atoms with Gasteiger partial charge in [-0.1, -0.05) is 35.3 Å². The minimum Gasteiger partial charge on any atom is -0.490 e. The number of hydrogen-bond acceptors (Lipinski definition) is 8. The Hall–Kier alpha value is -2.86. The lowest BCUT2D eigenvalue weighted by molar-refractivity contribution is 0.241. The van der Waals surface area contributed by atoms with E-state index in [1.165, 1.54) is 37.1 Å². The number of benzene rings is 2. The second-order valence-corrected chi connectivity index (χ2v) is 10.3. The van der Waals surface area contributed by atoms with E-state index in [1.54, 1.807) is 12.1 Å². The zero-order valence-corrected chi connectivity index (χ0v) is 21.1. The van der Waals surface area contributed by atoms with Crippen LogP contribution in [0.3, 0.4) is 0 Å². The van der Waals surface area contributed by atoms with Gasteiger partial charge in [0.05, 0.1) is 11.7 Å². The predicted molar refractivity (Wildman–Crippen MR) is 138 cm³/mol. The molecule has 5 rings (SSSR count). The molecule has 1 aromatic heterocycles. The Bertz CT molecular complexity index is 1210. The molecule has 1 N–H and O–H groups in total. The second kappa shape index (κ2) is 10.8. The smallest absolute Gasteiger partial charge is 0.258 e. The van der Waals surface area contributed by atoms with Crippen LogP contribution in [-0.2, 0) is 6.42 Å². The monoisotopic (exact) mass is 489 g/mol. The standard InChI is InChI=1S/C27H31N5O2S/c1-18(2)33-25-11-8-19(16-20(25)17-28)27-29-26(30-34-27)23-7-5-6-22-21(23)9-10-24(22)31-35-15-14-32-12-3-4-13-32/h5-8,11,16,18,24,31H,3-4,9-10,12-15H2,1-2H3. The van der Waals surface area contributed by atoms with Gasteiger partial charge in [0.25, 0.3) is 5.89 Å². The van der Waals surface area contributed by atoms with E-state index in [-0.39, 0.29) is 6.10 Å². The number of likely N-dealkylation sites (tertiary alicyclic amines) is 1. The molecule has 2 aromatic carbocycles. The van der Waals surface area contributed by atoms with Crippen LogP contribution < -0.4 is 9.46 Å². The topological polar surface area (TPSA) is 87.2 Å². The Labute approximate surface area is 211 Å². The van der Waals surface area contributed by atoms with E-state index in [9.17, 15) is 5.26 Å². The van der Waals surface area contributed by atoms with Crippen LogP contribution in [0.15, 0.2) is 40.9 Å². The summed E-state index contributed by atoms with van der Waals surface area (Å²) in [6.07, 6.45) is 4.72. The van der Waals surface area contributed by atoms with Crippen molar-refractivity contribution in [2.75, 3.05) is 25.4 Å². The molecule has 182 valence electrons. The first-order chi connectivity index (χ1) is 17.1. The van der Waals surface area contributed by atoms with Crippen molar-refractivity contribution < 1.29 is 9.26 Å². The van der Waals surface area contributed by atoms with Gasteiger partial charge in [-0.05, 0) is 81.9 Å². The normalized spacial score (nSPS) is 17.6. The molecule has 7 nitrogen and oxygen atoms in total. The Morgan fingerprint density at radius 1 is 1.26 bits per heavy atom. The molecule has 0 saturated carbocycles. The molecular formula is C27H31N5O2S. The maximum atomic E-state index is 9.54. The van der Waals surface area contributed by atoms with Gasteiger partial charge in [-0.2, -0.15) is 10.2 Å². The first kappa shape index (κ1) is 23.9. The predicted octanol–water partition coefficient (Wildman–Crippen LogP) is 5.38. The number of nitriles is 1. The van der Waals surface area contributed by atoms with Crippen LogP contribution in [0.25, 0.3) is 22.8 Å². The molecule has 1 unspecified atom stereocenters. The zero-order valence-electron chi connectivity index (χ0n) is 20.3. The number of aromatic nitrogens is 2. The van der Waals surface area contributed by atoms with Gasteiger partial charge in [0, 0.05) is 29.5 Å². The van der Waals surface area contributed by atoms with Crippen LogP contribution in [0.4, 0.5) is 0 Å². The minimum atomic E-state index is -0.00933. The van der Waals surface area contributed by atoms with E-state index in [0.717, 1.165) is 30.7 Å². The van der Waals surface area contributed by atoms with Gasteiger partial charge in [-0.25, -0.2) is 0 Å². The maximum Gasteiger partial charge on any atom is 0.258 e. The molecule has 3 aromatic rings. The number of fused-ring (bicyclic) bond motifs is 1. The first-order valence-corrected chi connectivity index (χ1v) is 13.4. The molecule has 35 heavy (non-hydrogen) atoms. The van der Waals surface area contributed by atoms with E-state index < -0.39 is 0 Å². The van der Waals surface area contributed by atoms with E-state index >= 15 is 0 Å². The fourth-order valence-electron chi connectivity index (χ4n) is 4.88. The molecule has 0 radical (unpaired) electrons. The first-order valence-electron chi connectivity index (χ1n) is 12.4. The van der Waals surface area contributed by atoms with Crippen molar-refractivity contribution in [3.05, 3.63) is 53.1 Å². The van der Waals surface area contributed by atoms with E-state index in [4.69, 9.17) is 9.26 Å². The summed E-state index contributed by atoms with van der Waals surface area (Å²) in [5, 5.41) is 13.8. The molecule has 1 saturated heterocycles. The maximum absolute atomic E-state index is 9.54. The molecule has 1 aliphatic carbocycles. The third-order valence-electron chi connectivity index (χ3n) is 6.58. The van der Waals surface area contributed by atoms with E-state index in [0.29, 0.717) is 34.6 Å². The molecule has 2 heterocycles. The van der Waals surface area contributed by atoms with Crippen LogP contribution in [-0.4, -0.2) is 46.5 Å². The van der Waals surface area contributed by atoms with E-state index in [2.05, 4.69) is 44.0 Å². The van der Waals surface area contributed by atoms with Crippen molar-refractivity contribution >= 4 is 11.9 Å². The summed E-state index contributed by atoms with van der Waals surface area (Å²) in [6, 6.07) is 14.3. The summed E-state index contributed by atoms with van der Waals surface area (Å²) in [4.78, 5) is 7.23. The Morgan fingerprint density at radius 3 is 2.91 bits per heavy atom. The molecule has 0 spiro atoms. The summed E-state index contributed by atoms with van der Waals surface area (Å²) in [5.74, 6) is 2.64. The summed E-state index contributed by atoms with van der Waals surface area (Å²) in [5.41, 5.74) is 4.79. The van der Waals surface area contributed by atoms with Gasteiger partial charge < -0.3 is 14.2 Å². The SMILES string of the molecule is CC(C)Oc1ccc(-c2nc(-c3cccc4c3CCC4NSCCN3CCCC3)no2)cc1C#N. The van der Waals surface area contributed by atoms with Gasteiger partial charge in [0.1, 0.15) is 11.8 Å². The molecule has 2 aliphatic rings. The third kappa shape index (κ3) is 5.37.